The molecule has 3 rings (SSSR count). The van der Waals surface area contributed by atoms with Gasteiger partial charge in [0.15, 0.2) is 0 Å². The average Bonchev–Trinajstić information content (AvgIpc) is 2.97. The maximum atomic E-state index is 15.2. The number of aromatic amines is 1. The number of rotatable bonds is 17. The lowest BCUT2D eigenvalue weighted by molar-refractivity contribution is -0.184. The number of hydrogen-bond donors (Lipinski definition) is 2. The molecule has 42 heavy (non-hydrogen) atoms. The predicted octanol–water partition coefficient (Wildman–Crippen LogP) is 4.09. The highest BCUT2D eigenvalue weighted by molar-refractivity contribution is 7.52. The van der Waals surface area contributed by atoms with E-state index in [-0.39, 0.29) is 19.0 Å². The van der Waals surface area contributed by atoms with Crippen LogP contribution in [0.25, 0.3) is 0 Å². The Morgan fingerprint density at radius 2 is 1.71 bits per heavy atom. The van der Waals surface area contributed by atoms with E-state index < -0.39 is 56.3 Å². The molecule has 1 aromatic heterocycles. The molecule has 2 aromatic carbocycles. The lowest BCUT2D eigenvalue weighted by Crippen LogP contribution is -2.39. The number of para-hydroxylation sites is 1. The van der Waals surface area contributed by atoms with E-state index in [1.54, 1.807) is 25.1 Å². The van der Waals surface area contributed by atoms with Gasteiger partial charge in [-0.25, -0.2) is 13.9 Å². The molecule has 0 amide bonds. The summed E-state index contributed by atoms with van der Waals surface area (Å²) < 4.78 is 57.4. The molecule has 0 fully saturated rings. The molecule has 0 aliphatic carbocycles. The fourth-order valence-electron chi connectivity index (χ4n) is 3.49. The van der Waals surface area contributed by atoms with Gasteiger partial charge in [-0.1, -0.05) is 55.5 Å². The zero-order valence-corrected chi connectivity index (χ0v) is 24.4. The van der Waals surface area contributed by atoms with Crippen LogP contribution in [0.3, 0.4) is 0 Å². The summed E-state index contributed by atoms with van der Waals surface area (Å²) in [4.78, 5) is 37.9. The first-order valence-electron chi connectivity index (χ1n) is 13.3. The Kier molecular flexibility index (Phi) is 12.6. The van der Waals surface area contributed by atoms with Gasteiger partial charge in [0, 0.05) is 12.3 Å². The van der Waals surface area contributed by atoms with Crippen molar-refractivity contribution in [3.63, 3.8) is 0 Å². The van der Waals surface area contributed by atoms with Gasteiger partial charge in [0.25, 0.3) is 12.0 Å². The molecule has 228 valence electrons. The van der Waals surface area contributed by atoms with Gasteiger partial charge in [-0.2, -0.15) is 9.48 Å². The van der Waals surface area contributed by atoms with Crippen LogP contribution in [-0.2, 0) is 34.7 Å². The maximum Gasteiger partial charge on any atom is 0.459 e. The molecule has 0 saturated carbocycles. The number of H-pyrrole nitrogens is 1. The monoisotopic (exact) mass is 607 g/mol. The number of alkyl halides is 1. The highest BCUT2D eigenvalue weighted by Crippen LogP contribution is 2.45. The number of carbonyl (C=O) groups is 1. The molecule has 0 spiro atoms. The Morgan fingerprint density at radius 1 is 1.05 bits per heavy atom. The topological polar surface area (TPSA) is 147 Å². The van der Waals surface area contributed by atoms with E-state index in [1.165, 1.54) is 19.1 Å². The van der Waals surface area contributed by atoms with Gasteiger partial charge in [-0.05, 0) is 38.0 Å². The van der Waals surface area contributed by atoms with E-state index in [1.807, 2.05) is 42.2 Å². The number of hydrogen-bond acceptors (Lipinski definition) is 9. The molecule has 0 aliphatic rings. The van der Waals surface area contributed by atoms with Crippen LogP contribution in [0.4, 0.5) is 4.39 Å². The average molecular weight is 608 g/mol. The van der Waals surface area contributed by atoms with Crippen molar-refractivity contribution in [1.82, 2.24) is 14.6 Å². The van der Waals surface area contributed by atoms with Crippen molar-refractivity contribution in [2.45, 2.75) is 58.5 Å². The van der Waals surface area contributed by atoms with Crippen molar-refractivity contribution in [2.75, 3.05) is 13.2 Å². The van der Waals surface area contributed by atoms with Gasteiger partial charge in [-0.15, -0.1) is 0 Å². The minimum atomic E-state index is -4.31. The van der Waals surface area contributed by atoms with Gasteiger partial charge in [-0.3, -0.25) is 19.1 Å². The molecule has 0 radical (unpaired) electrons. The Morgan fingerprint density at radius 3 is 2.36 bits per heavy atom. The van der Waals surface area contributed by atoms with Crippen molar-refractivity contribution in [3.8, 4) is 5.75 Å². The fourth-order valence-corrected chi connectivity index (χ4v) is 4.99. The molecule has 2 N–H and O–H groups in total. The number of nitrogens with zero attached hydrogens (tertiary/aromatic N) is 1. The molecule has 1 unspecified atom stereocenters. The van der Waals surface area contributed by atoms with Crippen molar-refractivity contribution in [2.24, 2.45) is 0 Å². The molecule has 14 heteroatoms. The number of halogens is 1. The summed E-state index contributed by atoms with van der Waals surface area (Å²) >= 11 is 0. The second kappa shape index (κ2) is 16.1. The third kappa shape index (κ3) is 10.3. The van der Waals surface area contributed by atoms with Crippen LogP contribution in [0, 0.1) is 0 Å². The Labute approximate surface area is 242 Å². The molecule has 5 atom stereocenters. The molecule has 0 aliphatic heterocycles. The van der Waals surface area contributed by atoms with Crippen LogP contribution in [0.1, 0.15) is 39.2 Å². The van der Waals surface area contributed by atoms with Crippen molar-refractivity contribution >= 4 is 13.7 Å². The first-order chi connectivity index (χ1) is 20.1. The Bertz CT molecular complexity index is 1420. The first kappa shape index (κ1) is 32.9. The highest BCUT2D eigenvalue weighted by atomic mass is 31.2. The van der Waals surface area contributed by atoms with Gasteiger partial charge in [0.2, 0.25) is 0 Å². The molecule has 3 aromatic rings. The van der Waals surface area contributed by atoms with Gasteiger partial charge < -0.3 is 18.7 Å². The highest BCUT2D eigenvalue weighted by Gasteiger charge is 2.35. The molecule has 1 heterocycles. The van der Waals surface area contributed by atoms with Gasteiger partial charge in [0.1, 0.15) is 17.9 Å². The first-order valence-corrected chi connectivity index (χ1v) is 14.8. The normalized spacial score (nSPS) is 15.6. The van der Waals surface area contributed by atoms with Crippen LogP contribution < -0.4 is 20.9 Å². The third-order valence-electron chi connectivity index (χ3n) is 5.77. The second-order valence-electron chi connectivity index (χ2n) is 9.20. The quantitative estimate of drug-likeness (QED) is 0.170. The number of ether oxygens (including phenoxy) is 3. The SMILES string of the molecule is CCCOC(=O)[C@H](C)NP(=O)(OC[C@@H](O[C@H](F)n1ccc(=O)[nH]c1=O)[C@H](C)OCc1ccccc1)Oc1ccccc1. The van der Waals surface area contributed by atoms with Crippen LogP contribution in [0.15, 0.2) is 82.5 Å². The van der Waals surface area contributed by atoms with Crippen LogP contribution in [-0.4, -0.2) is 47.0 Å². The van der Waals surface area contributed by atoms with Crippen LogP contribution in [0.5, 0.6) is 5.75 Å². The van der Waals surface area contributed by atoms with E-state index in [4.69, 9.17) is 23.3 Å². The van der Waals surface area contributed by atoms with Crippen molar-refractivity contribution in [3.05, 3.63) is 99.3 Å². The number of benzene rings is 2. The summed E-state index contributed by atoms with van der Waals surface area (Å²) in [7, 11) is -4.31. The third-order valence-corrected chi connectivity index (χ3v) is 7.41. The van der Waals surface area contributed by atoms with E-state index >= 15 is 4.39 Å². The molecular formula is C28H35FN3O9P. The summed E-state index contributed by atoms with van der Waals surface area (Å²) in [5, 5.41) is 2.55. The number of esters is 1. The number of aromatic nitrogens is 2. The summed E-state index contributed by atoms with van der Waals surface area (Å²) in [6.07, 6.45) is -0.581. The minimum absolute atomic E-state index is 0.133. The maximum absolute atomic E-state index is 15.2. The van der Waals surface area contributed by atoms with Crippen LogP contribution >= 0.6 is 7.75 Å². The van der Waals surface area contributed by atoms with Gasteiger partial charge in [0.05, 0.1) is 25.9 Å². The number of nitrogens with one attached hydrogen (secondary N) is 2. The van der Waals surface area contributed by atoms with E-state index in [0.29, 0.717) is 11.0 Å². The smallest absolute Gasteiger partial charge is 0.459 e. The largest absolute Gasteiger partial charge is 0.465 e. The summed E-state index contributed by atoms with van der Waals surface area (Å²) in [6.45, 7) is 2.23. The zero-order valence-electron chi connectivity index (χ0n) is 23.5. The summed E-state index contributed by atoms with van der Waals surface area (Å²) in [5.41, 5.74) is -0.914. The summed E-state index contributed by atoms with van der Waals surface area (Å²) in [5.74, 6) is -0.498. The lowest BCUT2D eigenvalue weighted by atomic mass is 10.2. The van der Waals surface area contributed by atoms with Gasteiger partial charge >= 0.3 is 19.4 Å². The van der Waals surface area contributed by atoms with Crippen LogP contribution in [0.2, 0.25) is 0 Å². The lowest BCUT2D eigenvalue weighted by Gasteiger charge is -2.29. The fraction of sp³-hybridized carbons (Fsp3) is 0.393. The molecular weight excluding hydrogens is 572 g/mol. The predicted molar refractivity (Wildman–Crippen MR) is 152 cm³/mol. The minimum Gasteiger partial charge on any atom is -0.465 e. The second-order valence-corrected chi connectivity index (χ2v) is 10.9. The molecule has 0 bridgehead atoms. The summed E-state index contributed by atoms with van der Waals surface area (Å²) in [6, 6.07) is 17.2. The van der Waals surface area contributed by atoms with E-state index in [2.05, 4.69) is 5.09 Å². The standard InChI is InChI=1S/C28H35FN3O9P/c1-4-17-37-26(34)20(2)31-42(36,41-23-13-9-6-10-14-23)39-19-24(21(3)38-18-22-11-7-5-8-12-22)40-27(29)32-16-15-25(33)30-28(32)35/h5-16,20-21,24,27H,4,17-19H2,1-3H3,(H,31,36)(H,30,33,35)/t20-,21-,24+,27+,42?/m0/s1. The zero-order chi connectivity index (χ0) is 30.5. The Hall–Kier alpha value is -3.61. The molecule has 0 saturated heterocycles. The Balaban J connectivity index is 1.82. The number of carbonyl (C=O) groups excluding carboxylic acids is 1. The van der Waals surface area contributed by atoms with E-state index in [9.17, 15) is 18.9 Å². The van der Waals surface area contributed by atoms with Crippen molar-refractivity contribution in [1.29, 1.82) is 0 Å². The molecule has 12 nitrogen and oxygen atoms in total. The van der Waals surface area contributed by atoms with E-state index in [0.717, 1.165) is 17.8 Å². The van der Waals surface area contributed by atoms with Crippen molar-refractivity contribution < 1.29 is 37.0 Å².